The van der Waals surface area contributed by atoms with Gasteiger partial charge in [-0.25, -0.2) is 4.98 Å². The number of fused-ring (bicyclic) bond motifs is 1. The molecule has 3 rings (SSSR count). The fourth-order valence-corrected chi connectivity index (χ4v) is 3.01. The van der Waals surface area contributed by atoms with Crippen LogP contribution in [0.5, 0.6) is 0 Å². The van der Waals surface area contributed by atoms with Crippen LogP contribution in [0.15, 0.2) is 28.7 Å². The fraction of sp³-hybridized carbons (Fsp3) is 0.500. The molecule has 0 spiro atoms. The standard InChI is InChI=1S/C18H23N3O4/c1-24-11-10-21-12-13(6-7-17(21)22)18(23)19-9-8-16-20-14-4-2-3-5-15(14)25-16/h2-5,13H,6-12H2,1H3,(H,19,23)/t13-/m0/s1. The van der Waals surface area contributed by atoms with Crippen molar-refractivity contribution in [1.29, 1.82) is 0 Å². The predicted molar refractivity (Wildman–Crippen MR) is 91.9 cm³/mol. The first-order chi connectivity index (χ1) is 12.2. The summed E-state index contributed by atoms with van der Waals surface area (Å²) < 4.78 is 10.7. The molecule has 2 heterocycles. The number of oxazole rings is 1. The quantitative estimate of drug-likeness (QED) is 0.819. The molecule has 0 saturated carbocycles. The van der Waals surface area contributed by atoms with Gasteiger partial charge in [0.25, 0.3) is 0 Å². The van der Waals surface area contributed by atoms with E-state index in [1.54, 1.807) is 12.0 Å². The number of hydrogen-bond donors (Lipinski definition) is 1. The highest BCUT2D eigenvalue weighted by atomic mass is 16.5. The maximum Gasteiger partial charge on any atom is 0.224 e. The van der Waals surface area contributed by atoms with Crippen molar-refractivity contribution in [3.63, 3.8) is 0 Å². The lowest BCUT2D eigenvalue weighted by molar-refractivity contribution is -0.138. The van der Waals surface area contributed by atoms with Crippen LogP contribution in [0.3, 0.4) is 0 Å². The molecule has 1 aliphatic rings. The van der Waals surface area contributed by atoms with Crippen molar-refractivity contribution in [2.24, 2.45) is 5.92 Å². The van der Waals surface area contributed by atoms with Crippen molar-refractivity contribution < 1.29 is 18.7 Å². The van der Waals surface area contributed by atoms with Crippen LogP contribution in [0.4, 0.5) is 0 Å². The van der Waals surface area contributed by atoms with Crippen LogP contribution in [0.25, 0.3) is 11.1 Å². The molecule has 134 valence electrons. The molecule has 1 aliphatic heterocycles. The minimum absolute atomic E-state index is 0.0222. The summed E-state index contributed by atoms with van der Waals surface area (Å²) in [5, 5.41) is 2.93. The van der Waals surface area contributed by atoms with Crippen LogP contribution in [0.1, 0.15) is 18.7 Å². The molecular formula is C18H23N3O4. The van der Waals surface area contributed by atoms with E-state index >= 15 is 0 Å². The predicted octanol–water partition coefficient (Wildman–Crippen LogP) is 1.37. The highest BCUT2D eigenvalue weighted by molar-refractivity contribution is 5.83. The lowest BCUT2D eigenvalue weighted by Crippen LogP contribution is -2.47. The number of nitrogens with one attached hydrogen (secondary N) is 1. The van der Waals surface area contributed by atoms with Gasteiger partial charge >= 0.3 is 0 Å². The van der Waals surface area contributed by atoms with Crippen LogP contribution in [0.2, 0.25) is 0 Å². The molecule has 1 saturated heterocycles. The largest absolute Gasteiger partial charge is 0.441 e. The van der Waals surface area contributed by atoms with Gasteiger partial charge in [-0.15, -0.1) is 0 Å². The summed E-state index contributed by atoms with van der Waals surface area (Å²) in [5.41, 5.74) is 1.58. The average molecular weight is 345 g/mol. The number of ether oxygens (including phenoxy) is 1. The highest BCUT2D eigenvalue weighted by Crippen LogP contribution is 2.18. The molecule has 0 radical (unpaired) electrons. The number of para-hydroxylation sites is 2. The number of carbonyl (C=O) groups is 2. The zero-order chi connectivity index (χ0) is 17.6. The minimum atomic E-state index is -0.168. The maximum atomic E-state index is 12.4. The third kappa shape index (κ3) is 4.36. The van der Waals surface area contributed by atoms with Gasteiger partial charge in [0.2, 0.25) is 11.8 Å². The zero-order valence-corrected chi connectivity index (χ0v) is 14.4. The zero-order valence-electron chi connectivity index (χ0n) is 14.4. The van der Waals surface area contributed by atoms with Crippen molar-refractivity contribution in [3.05, 3.63) is 30.2 Å². The van der Waals surface area contributed by atoms with E-state index in [2.05, 4.69) is 10.3 Å². The van der Waals surface area contributed by atoms with Crippen LogP contribution >= 0.6 is 0 Å². The minimum Gasteiger partial charge on any atom is -0.441 e. The summed E-state index contributed by atoms with van der Waals surface area (Å²) in [6.45, 7) is 1.94. The Hall–Kier alpha value is -2.41. The Balaban J connectivity index is 1.47. The summed E-state index contributed by atoms with van der Waals surface area (Å²) in [7, 11) is 1.60. The second-order valence-electron chi connectivity index (χ2n) is 6.18. The van der Waals surface area contributed by atoms with Gasteiger partial charge in [-0.2, -0.15) is 0 Å². The first-order valence-electron chi connectivity index (χ1n) is 8.56. The molecule has 7 heteroatoms. The summed E-state index contributed by atoms with van der Waals surface area (Å²) in [6, 6.07) is 7.58. The Kier molecular flexibility index (Phi) is 5.65. The molecule has 1 fully saturated rings. The van der Waals surface area contributed by atoms with Gasteiger partial charge in [-0.3, -0.25) is 9.59 Å². The highest BCUT2D eigenvalue weighted by Gasteiger charge is 2.29. The maximum absolute atomic E-state index is 12.4. The van der Waals surface area contributed by atoms with Crippen molar-refractivity contribution in [1.82, 2.24) is 15.2 Å². The lowest BCUT2D eigenvalue weighted by Gasteiger charge is -2.31. The Labute approximate surface area is 146 Å². The number of rotatable bonds is 7. The number of amides is 2. The van der Waals surface area contributed by atoms with Crippen molar-refractivity contribution in [3.8, 4) is 0 Å². The van der Waals surface area contributed by atoms with Gasteiger partial charge in [0.05, 0.1) is 12.5 Å². The molecule has 1 N–H and O–H groups in total. The van der Waals surface area contributed by atoms with Gasteiger partial charge in [-0.05, 0) is 18.6 Å². The average Bonchev–Trinajstić information content (AvgIpc) is 3.03. The van der Waals surface area contributed by atoms with Gasteiger partial charge in [0.15, 0.2) is 11.5 Å². The molecule has 0 aliphatic carbocycles. The van der Waals surface area contributed by atoms with Crippen molar-refractivity contribution in [2.75, 3.05) is 33.4 Å². The molecule has 1 aromatic heterocycles. The number of carbonyl (C=O) groups excluding carboxylic acids is 2. The number of piperidine rings is 1. The van der Waals surface area contributed by atoms with E-state index in [0.29, 0.717) is 51.4 Å². The molecule has 1 atom stereocenters. The number of benzene rings is 1. The van der Waals surface area contributed by atoms with Crippen LogP contribution in [-0.4, -0.2) is 55.0 Å². The second-order valence-corrected chi connectivity index (χ2v) is 6.18. The number of nitrogens with zero attached hydrogens (tertiary/aromatic N) is 2. The molecule has 0 unspecified atom stereocenters. The fourth-order valence-electron chi connectivity index (χ4n) is 3.01. The van der Waals surface area contributed by atoms with E-state index in [-0.39, 0.29) is 17.7 Å². The SMILES string of the molecule is COCCN1C[C@@H](C(=O)NCCc2nc3ccccc3o2)CCC1=O. The third-order valence-electron chi connectivity index (χ3n) is 4.41. The van der Waals surface area contributed by atoms with E-state index in [1.165, 1.54) is 0 Å². The molecule has 0 bridgehead atoms. The normalized spacial score (nSPS) is 17.9. The molecule has 2 aromatic rings. The van der Waals surface area contributed by atoms with Gasteiger partial charge in [0.1, 0.15) is 5.52 Å². The first kappa shape index (κ1) is 17.4. The van der Waals surface area contributed by atoms with Gasteiger partial charge in [0, 0.05) is 39.6 Å². The smallest absolute Gasteiger partial charge is 0.224 e. The Morgan fingerprint density at radius 2 is 2.28 bits per heavy atom. The number of likely N-dealkylation sites (tertiary alicyclic amines) is 1. The second kappa shape index (κ2) is 8.11. The van der Waals surface area contributed by atoms with E-state index in [1.807, 2.05) is 24.3 Å². The van der Waals surface area contributed by atoms with Crippen molar-refractivity contribution in [2.45, 2.75) is 19.3 Å². The monoisotopic (exact) mass is 345 g/mol. The Morgan fingerprint density at radius 3 is 3.08 bits per heavy atom. The molecule has 2 amide bonds. The van der Waals surface area contributed by atoms with Crippen LogP contribution in [0, 0.1) is 5.92 Å². The van der Waals surface area contributed by atoms with E-state index in [4.69, 9.17) is 9.15 Å². The van der Waals surface area contributed by atoms with Crippen molar-refractivity contribution >= 4 is 22.9 Å². The lowest BCUT2D eigenvalue weighted by atomic mass is 9.96. The first-order valence-corrected chi connectivity index (χ1v) is 8.56. The third-order valence-corrected chi connectivity index (χ3v) is 4.41. The van der Waals surface area contributed by atoms with Gasteiger partial charge < -0.3 is 19.4 Å². The van der Waals surface area contributed by atoms with E-state index in [0.717, 1.165) is 11.1 Å². The van der Waals surface area contributed by atoms with E-state index in [9.17, 15) is 9.59 Å². The molecular weight excluding hydrogens is 322 g/mol. The molecule has 7 nitrogen and oxygen atoms in total. The number of methoxy groups -OCH3 is 1. The van der Waals surface area contributed by atoms with Crippen LogP contribution in [-0.2, 0) is 20.7 Å². The summed E-state index contributed by atoms with van der Waals surface area (Å²) in [4.78, 5) is 30.3. The Morgan fingerprint density at radius 1 is 1.44 bits per heavy atom. The van der Waals surface area contributed by atoms with Crippen LogP contribution < -0.4 is 5.32 Å². The summed E-state index contributed by atoms with van der Waals surface area (Å²) >= 11 is 0. The van der Waals surface area contributed by atoms with Gasteiger partial charge in [-0.1, -0.05) is 12.1 Å². The summed E-state index contributed by atoms with van der Waals surface area (Å²) in [6.07, 6.45) is 1.55. The summed E-state index contributed by atoms with van der Waals surface area (Å²) in [5.74, 6) is 0.513. The topological polar surface area (TPSA) is 84.7 Å². The number of hydrogen-bond acceptors (Lipinski definition) is 5. The number of aromatic nitrogens is 1. The molecule has 1 aromatic carbocycles. The Bertz CT molecular complexity index is 710. The molecule has 25 heavy (non-hydrogen) atoms. The van der Waals surface area contributed by atoms with E-state index < -0.39 is 0 Å².